The molecule has 0 saturated carbocycles. The summed E-state index contributed by atoms with van der Waals surface area (Å²) in [5, 5.41) is 1.73. The number of benzene rings is 5. The lowest BCUT2D eigenvalue weighted by atomic mass is 10.1. The van der Waals surface area contributed by atoms with E-state index in [2.05, 4.69) is 103 Å². The normalized spacial score (nSPS) is 11.5. The van der Waals surface area contributed by atoms with E-state index in [-0.39, 0.29) is 11.3 Å². The van der Waals surface area contributed by atoms with E-state index in [1.165, 1.54) is 11.3 Å². The van der Waals surface area contributed by atoms with Crippen LogP contribution in [0.25, 0.3) is 56.7 Å². The zero-order chi connectivity index (χ0) is 43.2. The molecule has 3 aromatic heterocycles. The molecule has 0 atom stereocenters. The number of aldehydes is 1. The topological polar surface area (TPSA) is 87.2 Å². The molecule has 3 heterocycles. The minimum absolute atomic E-state index is 0.384. The standard InChI is InChI=1S/C53H47N3O5S/c1-5-54(6-2)46-27-19-39-31-41(52(58)60-49(39)33-46)15-9-36-11-21-43(22-12-36)56(45-25-17-38(18-26-45)51-30-29-48(35-57)62-51)44-23-13-37(14-24-44)10-16-42-32-40-20-28-47(55(7-3)8-4)34-50(40)61-53(42)59/h9-35H,5-8H2,1-4H3/b15-9+,16-10+. The lowest BCUT2D eigenvalue weighted by molar-refractivity contribution is 0.112. The predicted octanol–water partition coefficient (Wildman–Crippen LogP) is 12.9. The Morgan fingerprint density at radius 3 is 1.31 bits per heavy atom. The summed E-state index contributed by atoms with van der Waals surface area (Å²) in [7, 11) is 0. The molecule has 0 bridgehead atoms. The number of anilines is 5. The molecule has 0 amide bonds. The molecule has 0 aliphatic heterocycles. The third kappa shape index (κ3) is 8.94. The molecule has 0 N–H and O–H groups in total. The van der Waals surface area contributed by atoms with E-state index in [9.17, 15) is 14.4 Å². The van der Waals surface area contributed by atoms with Crippen molar-refractivity contribution in [2.45, 2.75) is 27.7 Å². The summed E-state index contributed by atoms with van der Waals surface area (Å²) in [4.78, 5) is 45.7. The molecule has 62 heavy (non-hydrogen) atoms. The third-order valence-corrected chi connectivity index (χ3v) is 12.2. The fourth-order valence-electron chi connectivity index (χ4n) is 7.67. The molecule has 0 unspecified atom stereocenters. The summed E-state index contributed by atoms with van der Waals surface area (Å²) in [6, 6.07) is 44.1. The predicted molar refractivity (Wildman–Crippen MR) is 260 cm³/mol. The second kappa shape index (κ2) is 18.6. The molecule has 0 aliphatic carbocycles. The van der Waals surface area contributed by atoms with Crippen LogP contribution in [0.5, 0.6) is 0 Å². The number of nitrogens with zero attached hydrogens (tertiary/aromatic N) is 3. The van der Waals surface area contributed by atoms with Crippen molar-refractivity contribution < 1.29 is 13.6 Å². The van der Waals surface area contributed by atoms with Crippen molar-refractivity contribution in [3.05, 3.63) is 181 Å². The fourth-order valence-corrected chi connectivity index (χ4v) is 8.50. The quantitative estimate of drug-likeness (QED) is 0.0745. The van der Waals surface area contributed by atoms with Gasteiger partial charge >= 0.3 is 11.3 Å². The van der Waals surface area contributed by atoms with Gasteiger partial charge in [-0.1, -0.05) is 48.6 Å². The highest BCUT2D eigenvalue weighted by Gasteiger charge is 2.15. The molecule has 310 valence electrons. The van der Waals surface area contributed by atoms with Crippen LogP contribution in [-0.2, 0) is 0 Å². The number of rotatable bonds is 15. The van der Waals surface area contributed by atoms with Gasteiger partial charge in [-0.05, 0) is 141 Å². The van der Waals surface area contributed by atoms with Crippen LogP contribution in [0, 0.1) is 0 Å². The summed E-state index contributed by atoms with van der Waals surface area (Å²) in [6.45, 7) is 11.9. The maximum absolute atomic E-state index is 13.0. The average Bonchev–Trinajstić information content (AvgIpc) is 3.79. The first-order valence-corrected chi connectivity index (χ1v) is 21.8. The van der Waals surface area contributed by atoms with Gasteiger partial charge in [-0.15, -0.1) is 11.3 Å². The molecule has 0 radical (unpaired) electrons. The van der Waals surface area contributed by atoms with Gasteiger partial charge in [-0.3, -0.25) is 4.79 Å². The van der Waals surface area contributed by atoms with E-state index < -0.39 is 0 Å². The van der Waals surface area contributed by atoms with E-state index in [1.807, 2.05) is 84.9 Å². The zero-order valence-corrected chi connectivity index (χ0v) is 36.0. The number of hydrogen-bond acceptors (Lipinski definition) is 9. The van der Waals surface area contributed by atoms with Crippen molar-refractivity contribution in [3.8, 4) is 10.4 Å². The Morgan fingerprint density at radius 1 is 0.484 bits per heavy atom. The molecule has 5 aromatic carbocycles. The Bertz CT molecular complexity index is 2860. The molecule has 8 rings (SSSR count). The fraction of sp³-hybridized carbons (Fsp3) is 0.151. The van der Waals surface area contributed by atoms with Gasteiger partial charge in [0.2, 0.25) is 0 Å². The van der Waals surface area contributed by atoms with E-state index >= 15 is 0 Å². The van der Waals surface area contributed by atoms with Crippen molar-refractivity contribution in [1.29, 1.82) is 0 Å². The van der Waals surface area contributed by atoms with Crippen LogP contribution in [-0.4, -0.2) is 32.5 Å². The summed E-state index contributed by atoms with van der Waals surface area (Å²) >= 11 is 1.46. The lowest BCUT2D eigenvalue weighted by Gasteiger charge is -2.26. The van der Waals surface area contributed by atoms with Crippen LogP contribution < -0.4 is 26.0 Å². The van der Waals surface area contributed by atoms with Gasteiger partial charge in [0.1, 0.15) is 11.2 Å². The first-order valence-electron chi connectivity index (χ1n) is 20.9. The highest BCUT2D eigenvalue weighted by molar-refractivity contribution is 7.17. The van der Waals surface area contributed by atoms with Crippen LogP contribution >= 0.6 is 11.3 Å². The monoisotopic (exact) mass is 837 g/mol. The SMILES string of the molecule is CCN(CC)c1ccc2cc(/C=C/c3ccc(N(c4ccc(/C=C/c5cc6ccc(N(CC)CC)cc6oc5=O)cc4)c4ccc(-c5ccc(C=O)s5)cc4)cc3)c(=O)oc2c1. The number of hydrogen-bond donors (Lipinski definition) is 0. The Balaban J connectivity index is 1.06. The lowest BCUT2D eigenvalue weighted by Crippen LogP contribution is -2.21. The van der Waals surface area contributed by atoms with Gasteiger partial charge < -0.3 is 23.5 Å². The van der Waals surface area contributed by atoms with Crippen LogP contribution in [0.2, 0.25) is 0 Å². The van der Waals surface area contributed by atoms with Crippen LogP contribution in [0.4, 0.5) is 28.4 Å². The Hall–Kier alpha value is -7.23. The van der Waals surface area contributed by atoms with Gasteiger partial charge in [0.25, 0.3) is 0 Å². The van der Waals surface area contributed by atoms with E-state index in [4.69, 9.17) is 8.83 Å². The molecule has 8 nitrogen and oxygen atoms in total. The van der Waals surface area contributed by atoms with Crippen LogP contribution in [0.15, 0.2) is 152 Å². The summed E-state index contributed by atoms with van der Waals surface area (Å²) < 4.78 is 11.5. The number of carbonyl (C=O) groups is 1. The van der Waals surface area contributed by atoms with Crippen molar-refractivity contribution in [1.82, 2.24) is 0 Å². The van der Waals surface area contributed by atoms with Gasteiger partial charge in [0, 0.05) is 82.4 Å². The molecular formula is C53H47N3O5S. The van der Waals surface area contributed by atoms with E-state index in [1.54, 1.807) is 12.2 Å². The second-order valence-corrected chi connectivity index (χ2v) is 15.9. The first kappa shape index (κ1) is 41.5. The molecule has 0 spiro atoms. The number of fused-ring (bicyclic) bond motifs is 2. The molecule has 0 saturated heterocycles. The summed E-state index contributed by atoms with van der Waals surface area (Å²) in [6.07, 6.45) is 8.31. The highest BCUT2D eigenvalue weighted by atomic mass is 32.1. The number of thiophene rings is 1. The Labute approximate surface area is 364 Å². The zero-order valence-electron chi connectivity index (χ0n) is 35.2. The number of carbonyl (C=O) groups excluding carboxylic acids is 1. The van der Waals surface area contributed by atoms with Crippen LogP contribution in [0.3, 0.4) is 0 Å². The van der Waals surface area contributed by atoms with Gasteiger partial charge in [0.05, 0.1) is 16.0 Å². The molecular weight excluding hydrogens is 791 g/mol. The van der Waals surface area contributed by atoms with Gasteiger partial charge in [0.15, 0.2) is 6.29 Å². The highest BCUT2D eigenvalue weighted by Crippen LogP contribution is 2.37. The van der Waals surface area contributed by atoms with Crippen molar-refractivity contribution in [2.24, 2.45) is 0 Å². The van der Waals surface area contributed by atoms with Crippen molar-refractivity contribution >= 4 is 92.3 Å². The maximum atomic E-state index is 13.0. The minimum Gasteiger partial charge on any atom is -0.422 e. The molecule has 8 aromatic rings. The van der Waals surface area contributed by atoms with E-state index in [0.717, 1.165) is 93.2 Å². The Kier molecular flexibility index (Phi) is 12.4. The molecule has 0 fully saturated rings. The average molecular weight is 838 g/mol. The summed E-state index contributed by atoms with van der Waals surface area (Å²) in [5.74, 6) is 0. The smallest absolute Gasteiger partial charge is 0.343 e. The third-order valence-electron chi connectivity index (χ3n) is 11.1. The van der Waals surface area contributed by atoms with Gasteiger partial charge in [-0.2, -0.15) is 0 Å². The van der Waals surface area contributed by atoms with Crippen molar-refractivity contribution in [2.75, 3.05) is 40.9 Å². The van der Waals surface area contributed by atoms with Gasteiger partial charge in [-0.25, -0.2) is 9.59 Å². The van der Waals surface area contributed by atoms with Crippen LogP contribution in [0.1, 0.15) is 59.6 Å². The summed E-state index contributed by atoms with van der Waals surface area (Å²) in [5.41, 5.74) is 9.07. The Morgan fingerprint density at radius 2 is 0.903 bits per heavy atom. The molecule has 0 aliphatic rings. The molecule has 9 heteroatoms. The van der Waals surface area contributed by atoms with E-state index in [0.29, 0.717) is 27.2 Å². The first-order chi connectivity index (χ1) is 30.3. The minimum atomic E-state index is -0.384. The largest absolute Gasteiger partial charge is 0.422 e. The second-order valence-electron chi connectivity index (χ2n) is 14.8. The maximum Gasteiger partial charge on any atom is 0.343 e. The van der Waals surface area contributed by atoms with Crippen molar-refractivity contribution in [3.63, 3.8) is 0 Å².